The van der Waals surface area contributed by atoms with Crippen LogP contribution in [0.15, 0.2) is 36.4 Å². The molecule has 0 aliphatic carbocycles. The fourth-order valence-electron chi connectivity index (χ4n) is 4.82. The van der Waals surface area contributed by atoms with Crippen LogP contribution in [0.4, 0.5) is 0 Å². The van der Waals surface area contributed by atoms with E-state index in [2.05, 4.69) is 95.3 Å². The van der Waals surface area contributed by atoms with Gasteiger partial charge in [0, 0.05) is 0 Å². The minimum atomic E-state index is -1.95. The molecule has 0 fully saturated rings. The van der Waals surface area contributed by atoms with Gasteiger partial charge in [-0.05, 0) is 0 Å². The van der Waals surface area contributed by atoms with Crippen LogP contribution in [0, 0.1) is 0 Å². The van der Waals surface area contributed by atoms with Crippen LogP contribution in [-0.2, 0) is 15.0 Å². The van der Waals surface area contributed by atoms with E-state index >= 15 is 0 Å². The van der Waals surface area contributed by atoms with E-state index in [1.165, 1.54) is 33.4 Å². The first kappa shape index (κ1) is 29.8. The van der Waals surface area contributed by atoms with Crippen LogP contribution in [-0.4, -0.2) is 16.6 Å². The zero-order valence-electron chi connectivity index (χ0n) is 22.0. The van der Waals surface area contributed by atoms with Crippen molar-refractivity contribution in [3.05, 3.63) is 69.8 Å². The van der Waals surface area contributed by atoms with Crippen LogP contribution in [0.3, 0.4) is 0 Å². The number of benzene rings is 2. The topological polar surface area (TPSA) is 55.3 Å². The van der Waals surface area contributed by atoms with Crippen LogP contribution in [0.5, 0.6) is 0 Å². The summed E-state index contributed by atoms with van der Waals surface area (Å²) in [5.74, 6) is 1.56. The standard InChI is InChI=1S/C28H44N3.2ClH.Pd/c1-17(2)21-11-9-12-22(18(3)4)27(21)25(29)15-31-16-26(30)28-23(19(5)6)13-10-14-24(28)20(7)8;;;/h9-14,17-20,25-26H,15-16,29-30H2,1-8H3;2*1H;/q-1;;;+3/p-2. The van der Waals surface area contributed by atoms with Crippen molar-refractivity contribution in [2.24, 2.45) is 11.5 Å². The van der Waals surface area contributed by atoms with E-state index in [0.717, 1.165) is 0 Å². The van der Waals surface area contributed by atoms with Gasteiger partial charge in [-0.25, -0.2) is 0 Å². The number of hydrogen-bond donors (Lipinski definition) is 2. The maximum absolute atomic E-state index is 6.90. The van der Waals surface area contributed by atoms with Gasteiger partial charge in [0.15, 0.2) is 0 Å². The Morgan fingerprint density at radius 1 is 0.618 bits per heavy atom. The average Bonchev–Trinajstić information content (AvgIpc) is 2.76. The van der Waals surface area contributed by atoms with Gasteiger partial charge in [0.25, 0.3) is 0 Å². The Balaban J connectivity index is 2.41. The normalized spacial score (nSPS) is 14.6. The summed E-state index contributed by atoms with van der Waals surface area (Å²) in [7, 11) is 13.2. The summed E-state index contributed by atoms with van der Waals surface area (Å²) in [5.41, 5.74) is 21.5. The monoisotopic (exact) mass is 598 g/mol. The van der Waals surface area contributed by atoms with Gasteiger partial charge in [0.1, 0.15) is 0 Å². The summed E-state index contributed by atoms with van der Waals surface area (Å²) >= 11 is -1.95. The number of hydrogen-bond acceptors (Lipinski definition) is 3. The molecule has 0 bridgehead atoms. The molecular formula is C28H44Cl2N3Pd. The fraction of sp³-hybridized carbons (Fsp3) is 0.571. The van der Waals surface area contributed by atoms with Gasteiger partial charge in [-0.2, -0.15) is 0 Å². The first-order valence-corrected chi connectivity index (χ1v) is 17.0. The van der Waals surface area contributed by atoms with Crippen molar-refractivity contribution in [3.8, 4) is 0 Å². The van der Waals surface area contributed by atoms with Crippen molar-refractivity contribution in [1.29, 1.82) is 0 Å². The molecule has 34 heavy (non-hydrogen) atoms. The van der Waals surface area contributed by atoms with Gasteiger partial charge in [-0.15, -0.1) is 0 Å². The average molecular weight is 600 g/mol. The predicted molar refractivity (Wildman–Crippen MR) is 146 cm³/mol. The molecule has 4 N–H and O–H groups in total. The predicted octanol–water partition coefficient (Wildman–Crippen LogP) is 8.02. The van der Waals surface area contributed by atoms with Crippen molar-refractivity contribution in [2.75, 3.05) is 13.1 Å². The second-order valence-electron chi connectivity index (χ2n) is 10.5. The third-order valence-electron chi connectivity index (χ3n) is 6.50. The molecule has 2 unspecified atom stereocenters. The molecule has 2 atom stereocenters. The molecule has 0 radical (unpaired) electrons. The summed E-state index contributed by atoms with van der Waals surface area (Å²) < 4.78 is 2.13. The Morgan fingerprint density at radius 3 is 1.09 bits per heavy atom. The van der Waals surface area contributed by atoms with Crippen molar-refractivity contribution < 1.29 is 15.0 Å². The summed E-state index contributed by atoms with van der Waals surface area (Å²) in [6.45, 7) is 18.9. The van der Waals surface area contributed by atoms with Crippen LogP contribution < -0.4 is 11.5 Å². The Labute approximate surface area is 222 Å². The van der Waals surface area contributed by atoms with Crippen LogP contribution in [0.25, 0.3) is 0 Å². The van der Waals surface area contributed by atoms with Crippen molar-refractivity contribution >= 4 is 19.1 Å². The SMILES string of the molecule is CC(C)c1cccc(C(C)C)c1C(N)C[N](CC(N)c1c(C(C)C)cccc1C(C)C)[Pd]([Cl])[Cl]. The number of nitrogens with two attached hydrogens (primary N) is 2. The van der Waals surface area contributed by atoms with Crippen molar-refractivity contribution in [2.45, 2.75) is 91.1 Å². The van der Waals surface area contributed by atoms with E-state index in [-0.39, 0.29) is 12.1 Å². The van der Waals surface area contributed by atoms with Gasteiger partial charge in [-0.3, -0.25) is 0 Å². The molecule has 0 aliphatic rings. The third-order valence-corrected chi connectivity index (χ3v) is 9.59. The molecule has 2 rings (SSSR count). The Bertz CT molecular complexity index is 804. The summed E-state index contributed by atoms with van der Waals surface area (Å²) in [5, 5.41) is 0. The molecule has 0 spiro atoms. The van der Waals surface area contributed by atoms with E-state index in [1.807, 2.05) is 0 Å². The molecule has 195 valence electrons. The summed E-state index contributed by atoms with van der Waals surface area (Å²) in [6, 6.07) is 12.7. The zero-order chi connectivity index (χ0) is 25.7. The third kappa shape index (κ3) is 7.30. The molecule has 0 aliphatic heterocycles. The summed E-state index contributed by atoms with van der Waals surface area (Å²) in [6.07, 6.45) is 0. The Morgan fingerprint density at radius 2 is 0.882 bits per heavy atom. The van der Waals surface area contributed by atoms with Gasteiger partial charge < -0.3 is 0 Å². The molecule has 0 heterocycles. The van der Waals surface area contributed by atoms with Crippen LogP contribution >= 0.6 is 19.1 Å². The van der Waals surface area contributed by atoms with E-state index in [9.17, 15) is 0 Å². The van der Waals surface area contributed by atoms with Gasteiger partial charge >= 0.3 is 223 Å². The quantitative estimate of drug-likeness (QED) is 0.257. The Kier molecular flexibility index (Phi) is 11.6. The van der Waals surface area contributed by atoms with Crippen molar-refractivity contribution in [1.82, 2.24) is 3.53 Å². The van der Waals surface area contributed by atoms with Crippen LogP contribution in [0.2, 0.25) is 0 Å². The fourth-order valence-corrected chi connectivity index (χ4v) is 6.89. The second-order valence-corrected chi connectivity index (χ2v) is 15.6. The van der Waals surface area contributed by atoms with Crippen LogP contribution in [0.1, 0.15) is 125 Å². The van der Waals surface area contributed by atoms with Gasteiger partial charge in [0.2, 0.25) is 0 Å². The van der Waals surface area contributed by atoms with E-state index in [0.29, 0.717) is 36.8 Å². The number of nitrogens with zero attached hydrogens (tertiary/aromatic N) is 1. The van der Waals surface area contributed by atoms with Gasteiger partial charge in [0.05, 0.1) is 0 Å². The van der Waals surface area contributed by atoms with E-state index < -0.39 is 15.0 Å². The number of rotatable bonds is 11. The molecule has 0 saturated carbocycles. The summed E-state index contributed by atoms with van der Waals surface area (Å²) in [4.78, 5) is 0. The molecule has 3 nitrogen and oxygen atoms in total. The van der Waals surface area contributed by atoms with Crippen molar-refractivity contribution in [3.63, 3.8) is 0 Å². The molecule has 0 amide bonds. The number of halogens is 2. The first-order chi connectivity index (χ1) is 15.9. The van der Waals surface area contributed by atoms with E-state index in [4.69, 9.17) is 30.5 Å². The molecule has 6 heteroatoms. The maximum atomic E-state index is 6.90. The first-order valence-electron chi connectivity index (χ1n) is 12.3. The molecule has 2 aromatic rings. The van der Waals surface area contributed by atoms with Gasteiger partial charge in [-0.1, -0.05) is 0 Å². The second kappa shape index (κ2) is 13.2. The molecular weight excluding hydrogens is 556 g/mol. The molecule has 0 saturated heterocycles. The minimum absolute atomic E-state index is 0.186. The molecule has 2 aromatic carbocycles. The molecule has 0 aromatic heterocycles. The zero-order valence-corrected chi connectivity index (χ0v) is 25.1. The van der Waals surface area contributed by atoms with E-state index in [1.54, 1.807) is 0 Å². The Hall–Kier alpha value is -0.438.